The number of hydrogen-bond acceptors (Lipinski definition) is 3. The highest BCUT2D eigenvalue weighted by Gasteiger charge is 2.38. The first-order valence-electron chi connectivity index (χ1n) is 7.37. The van der Waals surface area contributed by atoms with Crippen LogP contribution in [0.3, 0.4) is 0 Å². The minimum absolute atomic E-state index is 0.0412. The number of nitrogens with one attached hydrogen (secondary N) is 1. The molecule has 0 radical (unpaired) electrons. The number of carboxylic acids is 1. The molecule has 2 rings (SSSR count). The summed E-state index contributed by atoms with van der Waals surface area (Å²) in [6.07, 6.45) is 2.55. The van der Waals surface area contributed by atoms with Gasteiger partial charge in [0.2, 0.25) is 0 Å². The van der Waals surface area contributed by atoms with Gasteiger partial charge < -0.3 is 15.2 Å². The van der Waals surface area contributed by atoms with Gasteiger partial charge in [-0.25, -0.2) is 0 Å². The smallest absolute Gasteiger partial charge is 0.305 e. The predicted molar refractivity (Wildman–Crippen MR) is 85.8 cm³/mol. The van der Waals surface area contributed by atoms with Crippen molar-refractivity contribution in [3.05, 3.63) is 28.7 Å². The number of para-hydroxylation sites is 1. The van der Waals surface area contributed by atoms with Gasteiger partial charge in [0.1, 0.15) is 5.75 Å². The highest BCUT2D eigenvalue weighted by molar-refractivity contribution is 9.10. The number of hydrogen-bond donors (Lipinski definition) is 2. The monoisotopic (exact) mass is 369 g/mol. The highest BCUT2D eigenvalue weighted by Crippen LogP contribution is 2.33. The van der Waals surface area contributed by atoms with Crippen molar-refractivity contribution in [3.8, 4) is 5.75 Å². The Kier molecular flexibility index (Phi) is 5.45. The minimum atomic E-state index is -0.887. The van der Waals surface area contributed by atoms with Crippen LogP contribution >= 0.6 is 15.9 Å². The summed E-state index contributed by atoms with van der Waals surface area (Å²) in [7, 11) is 0. The quantitative estimate of drug-likeness (QED) is 0.807. The molecule has 0 heterocycles. The summed E-state index contributed by atoms with van der Waals surface area (Å²) in [5.41, 5.74) is -0.630. The molecule has 1 aromatic rings. The molecule has 0 aromatic heterocycles. The van der Waals surface area contributed by atoms with Crippen molar-refractivity contribution < 1.29 is 19.4 Å². The lowest BCUT2D eigenvalue weighted by Crippen LogP contribution is -2.51. The van der Waals surface area contributed by atoms with E-state index in [1.165, 1.54) is 0 Å². The lowest BCUT2D eigenvalue weighted by Gasteiger charge is -2.30. The van der Waals surface area contributed by atoms with Crippen molar-refractivity contribution >= 4 is 27.8 Å². The number of amides is 1. The number of carbonyl (C=O) groups excluding carboxylic acids is 1. The lowest BCUT2D eigenvalue weighted by molar-refractivity contribution is -0.139. The third-order valence-corrected chi connectivity index (χ3v) is 4.60. The van der Waals surface area contributed by atoms with E-state index in [1.54, 1.807) is 13.0 Å². The number of aliphatic carboxylic acids is 1. The first-order valence-corrected chi connectivity index (χ1v) is 8.16. The number of halogens is 1. The average Bonchev–Trinajstić information content (AvgIpc) is 2.88. The van der Waals surface area contributed by atoms with Crippen molar-refractivity contribution in [3.63, 3.8) is 0 Å². The fraction of sp³-hybridized carbons (Fsp3) is 0.500. The number of ether oxygens (including phenoxy) is 1. The Bertz CT molecular complexity index is 555. The van der Waals surface area contributed by atoms with Gasteiger partial charge in [-0.1, -0.05) is 25.0 Å². The van der Waals surface area contributed by atoms with Crippen LogP contribution < -0.4 is 10.1 Å². The Balaban J connectivity index is 2.01. The summed E-state index contributed by atoms with van der Waals surface area (Å²) >= 11 is 3.37. The lowest BCUT2D eigenvalue weighted by atomic mass is 9.93. The van der Waals surface area contributed by atoms with Crippen molar-refractivity contribution in [2.75, 3.05) is 0 Å². The summed E-state index contributed by atoms with van der Waals surface area (Å²) in [4.78, 5) is 23.4. The zero-order chi connectivity index (χ0) is 16.2. The van der Waals surface area contributed by atoms with E-state index >= 15 is 0 Å². The SMILES string of the molecule is CC(Oc1ccccc1Br)C(=O)NC1(CC(=O)O)CCCC1. The minimum Gasteiger partial charge on any atom is -0.481 e. The first-order chi connectivity index (χ1) is 10.4. The largest absolute Gasteiger partial charge is 0.481 e. The van der Waals surface area contributed by atoms with Gasteiger partial charge in [0.05, 0.1) is 16.4 Å². The van der Waals surface area contributed by atoms with E-state index in [2.05, 4.69) is 21.2 Å². The summed E-state index contributed by atoms with van der Waals surface area (Å²) in [5.74, 6) is -0.579. The van der Waals surface area contributed by atoms with E-state index < -0.39 is 17.6 Å². The van der Waals surface area contributed by atoms with E-state index in [1.807, 2.05) is 18.2 Å². The maximum atomic E-state index is 12.4. The molecule has 0 bridgehead atoms. The van der Waals surface area contributed by atoms with Crippen LogP contribution in [-0.4, -0.2) is 28.6 Å². The third kappa shape index (κ3) is 4.22. The molecular weight excluding hydrogens is 350 g/mol. The summed E-state index contributed by atoms with van der Waals surface area (Å²) < 4.78 is 6.43. The van der Waals surface area contributed by atoms with Crippen LogP contribution in [0.2, 0.25) is 0 Å². The van der Waals surface area contributed by atoms with Crippen LogP contribution in [0.1, 0.15) is 39.0 Å². The van der Waals surface area contributed by atoms with Crippen LogP contribution in [0.4, 0.5) is 0 Å². The topological polar surface area (TPSA) is 75.6 Å². The summed E-state index contributed by atoms with van der Waals surface area (Å²) in [6.45, 7) is 1.66. The molecule has 1 aliphatic carbocycles. The van der Waals surface area contributed by atoms with Gasteiger partial charge in [-0.05, 0) is 47.8 Å². The standard InChI is InChI=1S/C16H20BrNO4/c1-11(22-13-7-3-2-6-12(13)17)15(21)18-16(10-14(19)20)8-4-5-9-16/h2-3,6-7,11H,4-5,8-10H2,1H3,(H,18,21)(H,19,20). The molecule has 1 unspecified atom stereocenters. The zero-order valence-corrected chi connectivity index (χ0v) is 14.1. The van der Waals surface area contributed by atoms with Crippen molar-refractivity contribution in [1.82, 2.24) is 5.32 Å². The molecule has 0 spiro atoms. The Morgan fingerprint density at radius 2 is 2.00 bits per heavy atom. The second kappa shape index (κ2) is 7.13. The molecule has 1 fully saturated rings. The number of rotatable bonds is 6. The van der Waals surface area contributed by atoms with E-state index in [-0.39, 0.29) is 12.3 Å². The molecule has 0 aliphatic heterocycles. The van der Waals surface area contributed by atoms with E-state index in [4.69, 9.17) is 9.84 Å². The van der Waals surface area contributed by atoms with E-state index in [9.17, 15) is 9.59 Å². The van der Waals surface area contributed by atoms with Crippen LogP contribution in [0, 0.1) is 0 Å². The van der Waals surface area contributed by atoms with Crippen LogP contribution in [0.25, 0.3) is 0 Å². The second-order valence-electron chi connectivity index (χ2n) is 5.74. The van der Waals surface area contributed by atoms with Crippen LogP contribution in [0.15, 0.2) is 28.7 Å². The fourth-order valence-corrected chi connectivity index (χ4v) is 3.21. The van der Waals surface area contributed by atoms with Crippen LogP contribution in [-0.2, 0) is 9.59 Å². The zero-order valence-electron chi connectivity index (χ0n) is 12.5. The highest BCUT2D eigenvalue weighted by atomic mass is 79.9. The van der Waals surface area contributed by atoms with Crippen molar-refractivity contribution in [2.45, 2.75) is 50.7 Å². The molecule has 6 heteroatoms. The molecule has 1 aliphatic rings. The average molecular weight is 370 g/mol. The number of carbonyl (C=O) groups is 2. The van der Waals surface area contributed by atoms with Gasteiger partial charge in [-0.15, -0.1) is 0 Å². The van der Waals surface area contributed by atoms with Gasteiger partial charge in [0, 0.05) is 0 Å². The maximum Gasteiger partial charge on any atom is 0.305 e. The third-order valence-electron chi connectivity index (χ3n) is 3.95. The summed E-state index contributed by atoms with van der Waals surface area (Å²) in [5, 5.41) is 12.0. The number of benzene rings is 1. The Labute approximate surface area is 138 Å². The van der Waals surface area contributed by atoms with E-state index in [0.29, 0.717) is 18.6 Å². The van der Waals surface area contributed by atoms with E-state index in [0.717, 1.165) is 17.3 Å². The Hall–Kier alpha value is -1.56. The normalized spacial score (nSPS) is 17.7. The number of carboxylic acid groups (broad SMARTS) is 1. The van der Waals surface area contributed by atoms with Crippen molar-refractivity contribution in [1.29, 1.82) is 0 Å². The van der Waals surface area contributed by atoms with Crippen molar-refractivity contribution in [2.24, 2.45) is 0 Å². The van der Waals surface area contributed by atoms with Gasteiger partial charge in [0.25, 0.3) is 5.91 Å². The van der Waals surface area contributed by atoms with Gasteiger partial charge in [-0.3, -0.25) is 9.59 Å². The molecule has 1 atom stereocenters. The molecule has 5 nitrogen and oxygen atoms in total. The summed E-state index contributed by atoms with van der Waals surface area (Å²) in [6, 6.07) is 7.30. The van der Waals surface area contributed by atoms with Crippen LogP contribution in [0.5, 0.6) is 5.75 Å². The Morgan fingerprint density at radius 1 is 1.36 bits per heavy atom. The second-order valence-corrected chi connectivity index (χ2v) is 6.59. The van der Waals surface area contributed by atoms with Gasteiger partial charge in [0.15, 0.2) is 6.10 Å². The molecule has 120 valence electrons. The van der Waals surface area contributed by atoms with Gasteiger partial charge >= 0.3 is 5.97 Å². The predicted octanol–water partition coefficient (Wildman–Crippen LogP) is 3.12. The molecule has 22 heavy (non-hydrogen) atoms. The molecular formula is C16H20BrNO4. The first kappa shape index (κ1) is 16.8. The molecule has 1 saturated carbocycles. The Morgan fingerprint density at radius 3 is 2.59 bits per heavy atom. The molecule has 1 aromatic carbocycles. The maximum absolute atomic E-state index is 12.4. The molecule has 2 N–H and O–H groups in total. The molecule has 1 amide bonds. The van der Waals surface area contributed by atoms with Gasteiger partial charge in [-0.2, -0.15) is 0 Å². The fourth-order valence-electron chi connectivity index (χ4n) is 2.83. The molecule has 0 saturated heterocycles.